The average Bonchev–Trinajstić information content (AvgIpc) is 3.54. The minimum Gasteiger partial charge on any atom is -0.452 e. The minimum atomic E-state index is -1.05. The molecule has 6 rings (SSSR count). The Morgan fingerprint density at radius 3 is 2.41 bits per heavy atom. The summed E-state index contributed by atoms with van der Waals surface area (Å²) in [4.78, 5) is 4.64. The number of aromatic nitrogens is 5. The molecule has 154 valence electrons. The van der Waals surface area contributed by atoms with Crippen LogP contribution in [0, 0.1) is 0 Å². The Labute approximate surface area is 183 Å². The topological polar surface area (TPSA) is 88.6 Å². The van der Waals surface area contributed by atoms with Gasteiger partial charge in [0.05, 0.1) is 5.70 Å². The number of hydrogen-bond acceptors (Lipinski definition) is 6. The lowest BCUT2D eigenvalue weighted by molar-refractivity contribution is 0.0741. The lowest BCUT2D eigenvalue weighted by Crippen LogP contribution is -2.40. The van der Waals surface area contributed by atoms with Crippen LogP contribution in [0.1, 0.15) is 22.6 Å². The highest BCUT2D eigenvalue weighted by molar-refractivity contribution is 5.99. The molecule has 3 heterocycles. The molecule has 2 N–H and O–H groups in total. The van der Waals surface area contributed by atoms with Gasteiger partial charge in [-0.15, -0.1) is 10.2 Å². The molecule has 32 heavy (non-hydrogen) atoms. The predicted octanol–water partition coefficient (Wildman–Crippen LogP) is 4.09. The molecule has 0 bridgehead atoms. The quantitative estimate of drug-likeness (QED) is 0.457. The molecule has 0 amide bonds. The van der Waals surface area contributed by atoms with Gasteiger partial charge in [0.15, 0.2) is 5.76 Å². The zero-order chi connectivity index (χ0) is 21.4. The average molecular weight is 418 g/mol. The Kier molecular flexibility index (Phi) is 4.18. The summed E-state index contributed by atoms with van der Waals surface area (Å²) in [6.45, 7) is 0. The molecule has 1 atom stereocenters. The molecule has 0 saturated carbocycles. The van der Waals surface area contributed by atoms with Gasteiger partial charge in [0, 0.05) is 17.3 Å². The SMILES string of the molecule is c1ccc(C2(c3ccccn3)NC(c3cccc4ccccc34)=C(c3nn[nH]n3)O2)cc1. The van der Waals surface area contributed by atoms with Crippen LogP contribution in [-0.4, -0.2) is 25.6 Å². The second-order valence-electron chi connectivity index (χ2n) is 7.46. The van der Waals surface area contributed by atoms with Crippen LogP contribution < -0.4 is 5.32 Å². The standard InChI is InChI=1S/C25H18N6O/c1-2-11-18(12-3-1)25(21-15-6-7-16-26-21)27-22(23(32-25)24-28-30-31-29-24)20-14-8-10-17-9-4-5-13-19(17)20/h1-16,27H,(H,28,29,30,31). The summed E-state index contributed by atoms with van der Waals surface area (Å²) in [6, 6.07) is 30.2. The largest absolute Gasteiger partial charge is 0.452 e. The molecule has 0 aliphatic carbocycles. The van der Waals surface area contributed by atoms with Gasteiger partial charge in [-0.05, 0) is 28.1 Å². The summed E-state index contributed by atoms with van der Waals surface area (Å²) >= 11 is 0. The van der Waals surface area contributed by atoms with Crippen molar-refractivity contribution in [3.8, 4) is 0 Å². The third-order valence-electron chi connectivity index (χ3n) is 5.60. The fourth-order valence-electron chi connectivity index (χ4n) is 4.15. The van der Waals surface area contributed by atoms with Gasteiger partial charge in [0.25, 0.3) is 5.72 Å². The molecule has 0 spiro atoms. The van der Waals surface area contributed by atoms with Crippen LogP contribution in [0.2, 0.25) is 0 Å². The maximum atomic E-state index is 6.70. The van der Waals surface area contributed by atoms with E-state index in [9.17, 15) is 0 Å². The number of nitrogens with one attached hydrogen (secondary N) is 2. The lowest BCUT2D eigenvalue weighted by Gasteiger charge is -2.30. The van der Waals surface area contributed by atoms with Crippen LogP contribution in [0.5, 0.6) is 0 Å². The fourth-order valence-corrected chi connectivity index (χ4v) is 4.15. The van der Waals surface area contributed by atoms with Crippen molar-refractivity contribution in [2.75, 3.05) is 0 Å². The number of nitrogens with zero attached hydrogens (tertiary/aromatic N) is 4. The summed E-state index contributed by atoms with van der Waals surface area (Å²) in [7, 11) is 0. The van der Waals surface area contributed by atoms with E-state index in [1.165, 1.54) is 0 Å². The molecule has 0 radical (unpaired) electrons. The van der Waals surface area contributed by atoms with Gasteiger partial charge in [-0.25, -0.2) is 0 Å². The Balaban J connectivity index is 1.61. The number of ether oxygens (including phenoxy) is 1. The maximum Gasteiger partial charge on any atom is 0.250 e. The molecule has 3 aromatic carbocycles. The van der Waals surface area contributed by atoms with E-state index in [2.05, 4.69) is 55.2 Å². The van der Waals surface area contributed by atoms with E-state index in [4.69, 9.17) is 4.74 Å². The van der Waals surface area contributed by atoms with Gasteiger partial charge >= 0.3 is 0 Å². The van der Waals surface area contributed by atoms with Crippen LogP contribution in [0.4, 0.5) is 0 Å². The van der Waals surface area contributed by atoms with Crippen LogP contribution in [0.3, 0.4) is 0 Å². The number of hydrogen-bond donors (Lipinski definition) is 2. The smallest absolute Gasteiger partial charge is 0.250 e. The number of pyridine rings is 1. The first-order valence-corrected chi connectivity index (χ1v) is 10.3. The van der Waals surface area contributed by atoms with Gasteiger partial charge in [-0.3, -0.25) is 4.98 Å². The van der Waals surface area contributed by atoms with Crippen LogP contribution in [0.25, 0.3) is 22.2 Å². The number of aromatic amines is 1. The number of H-pyrrole nitrogens is 1. The number of tetrazole rings is 1. The van der Waals surface area contributed by atoms with Crippen molar-refractivity contribution in [1.82, 2.24) is 30.9 Å². The van der Waals surface area contributed by atoms with Crippen molar-refractivity contribution in [2.45, 2.75) is 5.72 Å². The van der Waals surface area contributed by atoms with Gasteiger partial charge in [0.1, 0.15) is 5.69 Å². The zero-order valence-corrected chi connectivity index (χ0v) is 16.9. The van der Waals surface area contributed by atoms with Crippen LogP contribution >= 0.6 is 0 Å². The zero-order valence-electron chi connectivity index (χ0n) is 16.9. The van der Waals surface area contributed by atoms with Gasteiger partial charge in [-0.1, -0.05) is 78.9 Å². The highest BCUT2D eigenvalue weighted by Gasteiger charge is 2.47. The first kappa shape index (κ1) is 18.3. The van der Waals surface area contributed by atoms with Crippen molar-refractivity contribution in [3.05, 3.63) is 120 Å². The normalized spacial score (nSPS) is 17.9. The van der Waals surface area contributed by atoms with E-state index in [0.717, 1.165) is 33.3 Å². The highest BCUT2D eigenvalue weighted by Crippen LogP contribution is 2.44. The summed E-state index contributed by atoms with van der Waals surface area (Å²) in [5.41, 5.74) is 2.34. The molecule has 0 saturated heterocycles. The fraction of sp³-hybridized carbons (Fsp3) is 0.0400. The molecule has 7 heteroatoms. The van der Waals surface area contributed by atoms with Gasteiger partial charge in [0.2, 0.25) is 5.82 Å². The first-order valence-electron chi connectivity index (χ1n) is 10.3. The maximum absolute atomic E-state index is 6.70. The molecule has 5 aromatic rings. The molecular formula is C25H18N6O. The van der Waals surface area contributed by atoms with Crippen molar-refractivity contribution >= 4 is 22.2 Å². The monoisotopic (exact) mass is 418 g/mol. The second kappa shape index (κ2) is 7.31. The molecule has 7 nitrogen and oxygen atoms in total. The Morgan fingerprint density at radius 1 is 0.781 bits per heavy atom. The summed E-state index contributed by atoms with van der Waals surface area (Å²) in [5.74, 6) is 0.874. The Hall–Kier alpha value is -4.52. The predicted molar refractivity (Wildman–Crippen MR) is 121 cm³/mol. The van der Waals surface area contributed by atoms with Crippen molar-refractivity contribution in [1.29, 1.82) is 0 Å². The summed E-state index contributed by atoms with van der Waals surface area (Å²) in [6.07, 6.45) is 1.76. The van der Waals surface area contributed by atoms with Crippen molar-refractivity contribution < 1.29 is 4.74 Å². The molecule has 2 aromatic heterocycles. The Bertz CT molecular complexity index is 1370. The van der Waals surface area contributed by atoms with E-state index >= 15 is 0 Å². The van der Waals surface area contributed by atoms with E-state index in [-0.39, 0.29) is 0 Å². The van der Waals surface area contributed by atoms with E-state index in [0.29, 0.717) is 11.6 Å². The molecule has 1 aliphatic rings. The van der Waals surface area contributed by atoms with E-state index in [1.54, 1.807) is 6.20 Å². The molecule has 1 aliphatic heterocycles. The summed E-state index contributed by atoms with van der Waals surface area (Å²) < 4.78 is 6.70. The van der Waals surface area contributed by atoms with Crippen molar-refractivity contribution in [2.24, 2.45) is 0 Å². The third-order valence-corrected chi connectivity index (χ3v) is 5.60. The molecule has 1 unspecified atom stereocenters. The number of rotatable bonds is 4. The summed E-state index contributed by atoms with van der Waals surface area (Å²) in [5, 5.41) is 20.6. The van der Waals surface area contributed by atoms with Crippen LogP contribution in [-0.2, 0) is 10.5 Å². The van der Waals surface area contributed by atoms with Crippen LogP contribution in [0.15, 0.2) is 97.2 Å². The third kappa shape index (κ3) is 2.83. The Morgan fingerprint density at radius 2 is 1.59 bits per heavy atom. The van der Waals surface area contributed by atoms with Crippen molar-refractivity contribution in [3.63, 3.8) is 0 Å². The van der Waals surface area contributed by atoms with E-state index in [1.807, 2.05) is 66.7 Å². The number of fused-ring (bicyclic) bond motifs is 1. The minimum absolute atomic E-state index is 0.370. The second-order valence-corrected chi connectivity index (χ2v) is 7.46. The van der Waals surface area contributed by atoms with E-state index < -0.39 is 5.72 Å². The first-order chi connectivity index (χ1) is 15.9. The lowest BCUT2D eigenvalue weighted by atomic mass is 9.97. The van der Waals surface area contributed by atoms with Gasteiger partial charge in [-0.2, -0.15) is 5.21 Å². The van der Waals surface area contributed by atoms with Gasteiger partial charge < -0.3 is 10.1 Å². The number of benzene rings is 3. The molecular weight excluding hydrogens is 400 g/mol. The highest BCUT2D eigenvalue weighted by atomic mass is 16.5. The molecule has 0 fully saturated rings.